The molecule has 0 atom stereocenters. The van der Waals surface area contributed by atoms with Gasteiger partial charge in [0.15, 0.2) is 11.5 Å². The average molecular weight is 494 g/mol. The first-order valence-electron chi connectivity index (χ1n) is 7.96. The third kappa shape index (κ3) is 3.32. The summed E-state index contributed by atoms with van der Waals surface area (Å²) in [5, 5.41) is 0.444. The minimum Gasteiger partial charge on any atom is -0.493 e. The van der Waals surface area contributed by atoms with E-state index in [1.165, 1.54) is 7.11 Å². The molecule has 7 nitrogen and oxygen atoms in total. The number of nitrogens with zero attached hydrogens (tertiary/aromatic N) is 3. The molecule has 4 aromatic rings. The van der Waals surface area contributed by atoms with Gasteiger partial charge in [0.05, 0.1) is 30.8 Å². The SMILES string of the molecule is COc1cc2nc(Cc3cn4cc(Br)c(Br)cc4n3)[nH]c(=O)c2cc1OC. The number of aromatic nitrogens is 4. The number of H-pyrrole nitrogens is 1. The van der Waals surface area contributed by atoms with Gasteiger partial charge in [-0.2, -0.15) is 0 Å². The maximum absolute atomic E-state index is 12.5. The number of rotatable bonds is 4. The van der Waals surface area contributed by atoms with Gasteiger partial charge in [-0.3, -0.25) is 4.79 Å². The second kappa shape index (κ2) is 6.97. The lowest BCUT2D eigenvalue weighted by atomic mass is 10.2. The van der Waals surface area contributed by atoms with Crippen LogP contribution in [0.2, 0.25) is 0 Å². The van der Waals surface area contributed by atoms with E-state index in [0.29, 0.717) is 34.6 Å². The summed E-state index contributed by atoms with van der Waals surface area (Å²) in [5.74, 6) is 1.54. The molecule has 0 amide bonds. The molecule has 1 aromatic carbocycles. The second-order valence-electron chi connectivity index (χ2n) is 5.88. The quantitative estimate of drug-likeness (QED) is 0.468. The molecule has 0 unspecified atom stereocenters. The lowest BCUT2D eigenvalue weighted by molar-refractivity contribution is 0.355. The maximum Gasteiger partial charge on any atom is 0.258 e. The van der Waals surface area contributed by atoms with Crippen molar-refractivity contribution in [2.75, 3.05) is 14.2 Å². The minimum atomic E-state index is -0.231. The summed E-state index contributed by atoms with van der Waals surface area (Å²) in [5.41, 5.74) is 1.91. The number of imidazole rings is 1. The highest BCUT2D eigenvalue weighted by atomic mass is 79.9. The van der Waals surface area contributed by atoms with E-state index in [0.717, 1.165) is 20.3 Å². The Bertz CT molecular complexity index is 1190. The van der Waals surface area contributed by atoms with Gasteiger partial charge in [0.25, 0.3) is 5.56 Å². The Hall–Kier alpha value is -2.39. The number of methoxy groups -OCH3 is 2. The van der Waals surface area contributed by atoms with Crippen molar-refractivity contribution in [1.29, 1.82) is 0 Å². The molecular formula is C18H14Br2N4O3. The van der Waals surface area contributed by atoms with Gasteiger partial charge in [-0.05, 0) is 44.0 Å². The van der Waals surface area contributed by atoms with E-state index in [4.69, 9.17) is 9.47 Å². The van der Waals surface area contributed by atoms with Gasteiger partial charge in [-0.15, -0.1) is 0 Å². The molecule has 0 saturated heterocycles. The lowest BCUT2D eigenvalue weighted by Gasteiger charge is -2.09. The molecule has 0 aliphatic carbocycles. The van der Waals surface area contributed by atoms with Crippen molar-refractivity contribution < 1.29 is 9.47 Å². The van der Waals surface area contributed by atoms with Crippen LogP contribution in [0.5, 0.6) is 11.5 Å². The fourth-order valence-electron chi connectivity index (χ4n) is 2.89. The summed E-state index contributed by atoms with van der Waals surface area (Å²) in [7, 11) is 3.07. The summed E-state index contributed by atoms with van der Waals surface area (Å²) in [6.45, 7) is 0. The maximum atomic E-state index is 12.5. The topological polar surface area (TPSA) is 81.5 Å². The fraction of sp³-hybridized carbons (Fsp3) is 0.167. The van der Waals surface area contributed by atoms with Crippen LogP contribution in [0.15, 0.2) is 44.3 Å². The molecule has 0 bridgehead atoms. The molecule has 0 radical (unpaired) electrons. The van der Waals surface area contributed by atoms with Crippen LogP contribution in [0.4, 0.5) is 0 Å². The largest absolute Gasteiger partial charge is 0.493 e. The Morgan fingerprint density at radius 1 is 1.04 bits per heavy atom. The van der Waals surface area contributed by atoms with Crippen LogP contribution in [0.3, 0.4) is 0 Å². The molecule has 138 valence electrons. The van der Waals surface area contributed by atoms with Gasteiger partial charge >= 0.3 is 0 Å². The summed E-state index contributed by atoms with van der Waals surface area (Å²) in [6.07, 6.45) is 4.23. The summed E-state index contributed by atoms with van der Waals surface area (Å²) >= 11 is 6.95. The van der Waals surface area contributed by atoms with E-state index in [1.54, 1.807) is 19.2 Å². The van der Waals surface area contributed by atoms with Crippen molar-refractivity contribution in [3.05, 3.63) is 61.4 Å². The highest BCUT2D eigenvalue weighted by Gasteiger charge is 2.12. The molecular weight excluding hydrogens is 480 g/mol. The third-order valence-electron chi connectivity index (χ3n) is 4.16. The predicted octanol–water partition coefficient (Wildman–Crippen LogP) is 3.70. The Morgan fingerprint density at radius 2 is 1.78 bits per heavy atom. The normalized spacial score (nSPS) is 11.3. The van der Waals surface area contributed by atoms with Crippen molar-refractivity contribution in [2.45, 2.75) is 6.42 Å². The zero-order valence-corrected chi connectivity index (χ0v) is 17.6. The van der Waals surface area contributed by atoms with Gasteiger partial charge in [0, 0.05) is 33.8 Å². The zero-order valence-electron chi connectivity index (χ0n) is 14.4. The number of benzene rings is 1. The first kappa shape index (κ1) is 18.0. The summed E-state index contributed by atoms with van der Waals surface area (Å²) in [6, 6.07) is 5.25. The zero-order chi connectivity index (χ0) is 19.1. The fourth-order valence-corrected chi connectivity index (χ4v) is 3.53. The predicted molar refractivity (Wildman–Crippen MR) is 109 cm³/mol. The van der Waals surface area contributed by atoms with Gasteiger partial charge in [-0.25, -0.2) is 9.97 Å². The lowest BCUT2D eigenvalue weighted by Crippen LogP contribution is -2.12. The van der Waals surface area contributed by atoms with Crippen LogP contribution in [0.25, 0.3) is 16.6 Å². The van der Waals surface area contributed by atoms with E-state index in [1.807, 2.05) is 22.9 Å². The van der Waals surface area contributed by atoms with E-state index in [9.17, 15) is 4.79 Å². The smallest absolute Gasteiger partial charge is 0.258 e. The molecule has 9 heteroatoms. The molecule has 0 fully saturated rings. The molecule has 4 rings (SSSR count). The van der Waals surface area contributed by atoms with Gasteiger partial charge in [0.2, 0.25) is 0 Å². The van der Waals surface area contributed by atoms with Gasteiger partial charge in [0.1, 0.15) is 11.5 Å². The van der Waals surface area contributed by atoms with Crippen molar-refractivity contribution in [2.24, 2.45) is 0 Å². The second-order valence-corrected chi connectivity index (χ2v) is 7.59. The Labute approximate surface area is 170 Å². The van der Waals surface area contributed by atoms with Crippen LogP contribution in [-0.2, 0) is 6.42 Å². The standard InChI is InChI=1S/C18H14Br2N4O3/c1-26-14-4-10-13(6-15(14)27-2)22-16(23-18(10)25)3-9-7-24-8-12(20)11(19)5-17(24)21-9/h4-8H,3H2,1-2H3,(H,22,23,25). The van der Waals surface area contributed by atoms with E-state index in [-0.39, 0.29) is 5.56 Å². The number of hydrogen-bond acceptors (Lipinski definition) is 5. The number of nitrogens with one attached hydrogen (secondary N) is 1. The third-order valence-corrected chi connectivity index (χ3v) is 5.98. The molecule has 0 spiro atoms. The molecule has 0 aliphatic heterocycles. The van der Waals surface area contributed by atoms with Gasteiger partial charge < -0.3 is 18.9 Å². The van der Waals surface area contributed by atoms with Gasteiger partial charge in [-0.1, -0.05) is 0 Å². The molecule has 0 aliphatic rings. The molecule has 27 heavy (non-hydrogen) atoms. The Morgan fingerprint density at radius 3 is 2.52 bits per heavy atom. The first-order chi connectivity index (χ1) is 13.0. The number of fused-ring (bicyclic) bond motifs is 2. The number of pyridine rings is 1. The van der Waals surface area contributed by atoms with E-state index >= 15 is 0 Å². The molecule has 3 aromatic heterocycles. The van der Waals surface area contributed by atoms with E-state index in [2.05, 4.69) is 46.8 Å². The summed E-state index contributed by atoms with van der Waals surface area (Å²) in [4.78, 5) is 24.5. The van der Waals surface area contributed by atoms with Crippen molar-refractivity contribution in [3.63, 3.8) is 0 Å². The molecule has 1 N–H and O–H groups in total. The van der Waals surface area contributed by atoms with Crippen LogP contribution in [0.1, 0.15) is 11.5 Å². The number of aromatic amines is 1. The van der Waals surface area contributed by atoms with Crippen molar-refractivity contribution in [3.8, 4) is 11.5 Å². The Kier molecular flexibility index (Phi) is 4.65. The Balaban J connectivity index is 1.77. The van der Waals surface area contributed by atoms with E-state index < -0.39 is 0 Å². The number of ether oxygens (including phenoxy) is 2. The highest BCUT2D eigenvalue weighted by molar-refractivity contribution is 9.13. The summed E-state index contributed by atoms with van der Waals surface area (Å²) < 4.78 is 14.3. The van der Waals surface area contributed by atoms with Crippen LogP contribution >= 0.6 is 31.9 Å². The minimum absolute atomic E-state index is 0.231. The molecule has 3 heterocycles. The van der Waals surface area contributed by atoms with Crippen LogP contribution in [0, 0.1) is 0 Å². The highest BCUT2D eigenvalue weighted by Crippen LogP contribution is 2.30. The average Bonchev–Trinajstić information content (AvgIpc) is 3.01. The monoisotopic (exact) mass is 492 g/mol. The molecule has 0 saturated carbocycles. The van der Waals surface area contributed by atoms with Crippen LogP contribution < -0.4 is 15.0 Å². The number of halogens is 2. The number of hydrogen-bond donors (Lipinski definition) is 1. The first-order valence-corrected chi connectivity index (χ1v) is 9.54. The van der Waals surface area contributed by atoms with Crippen molar-refractivity contribution >= 4 is 48.4 Å². The van der Waals surface area contributed by atoms with Crippen LogP contribution in [-0.4, -0.2) is 33.6 Å². The van der Waals surface area contributed by atoms with Crippen molar-refractivity contribution in [1.82, 2.24) is 19.4 Å².